The molecule has 0 spiro atoms. The van der Waals surface area contributed by atoms with Crippen molar-refractivity contribution in [2.24, 2.45) is 0 Å². The Kier molecular flexibility index (Phi) is 4.82. The molecule has 10 nitrogen and oxygen atoms in total. The first-order chi connectivity index (χ1) is 20.8. The largest absolute Gasteiger partial charge is 0.394 e. The molecule has 3 aromatic rings. The average Bonchev–Trinajstić information content (AvgIpc) is 3.47. The molecule has 0 aliphatic heterocycles. The van der Waals surface area contributed by atoms with Crippen LogP contribution in [0.2, 0.25) is 0 Å². The molecule has 2 fully saturated rings. The second-order valence-corrected chi connectivity index (χ2v) is 9.35. The summed E-state index contributed by atoms with van der Waals surface area (Å²) in [6.45, 7) is -1.12. The lowest BCUT2D eigenvalue weighted by atomic mass is 10.1. The molecule has 36 heavy (non-hydrogen) atoms. The molecule has 0 amide bonds. The quantitative estimate of drug-likeness (QED) is 0.229. The molecule has 0 saturated heterocycles. The predicted octanol–water partition coefficient (Wildman–Crippen LogP) is 2.18. The normalized spacial score (nSPS) is 32.4. The molecular formula is C24H31FN6O4S. The molecule has 2 heterocycles. The topological polar surface area (TPSA) is 138 Å². The Labute approximate surface area is 224 Å². The summed E-state index contributed by atoms with van der Waals surface area (Å²) in [5, 5.41) is 41.7. The predicted molar refractivity (Wildman–Crippen MR) is 133 cm³/mol. The second kappa shape index (κ2) is 10.5. The number of halogens is 1. The molecule has 0 radical (unpaired) electrons. The van der Waals surface area contributed by atoms with Crippen LogP contribution in [-0.4, -0.2) is 83.5 Å². The molecule has 2 saturated carbocycles. The van der Waals surface area contributed by atoms with Gasteiger partial charge >= 0.3 is 0 Å². The van der Waals surface area contributed by atoms with E-state index in [2.05, 4.69) is 25.6 Å². The number of hydrogen-bond acceptors (Lipinski definition) is 10. The summed E-state index contributed by atoms with van der Waals surface area (Å²) in [5.41, 5.74) is -2.56. The van der Waals surface area contributed by atoms with Gasteiger partial charge in [-0.25, -0.2) is 19.0 Å². The van der Waals surface area contributed by atoms with Gasteiger partial charge < -0.3 is 25.4 Å². The van der Waals surface area contributed by atoms with Crippen LogP contribution in [0.15, 0.2) is 23.3 Å². The smallest absolute Gasteiger partial charge is 0.191 e. The van der Waals surface area contributed by atoms with E-state index in [0.29, 0.717) is 18.2 Å². The maximum Gasteiger partial charge on any atom is 0.191 e. The third-order valence-corrected chi connectivity index (χ3v) is 6.87. The lowest BCUT2D eigenvalue weighted by molar-refractivity contribution is -0.0629. The number of benzene rings is 1. The second-order valence-electron chi connectivity index (χ2n) is 8.58. The van der Waals surface area contributed by atoms with Gasteiger partial charge in [-0.2, -0.15) is 0 Å². The minimum absolute atomic E-state index is 0.0166. The number of aliphatic hydroxyl groups excluding tert-OH is 3. The van der Waals surface area contributed by atoms with Gasteiger partial charge in [0.15, 0.2) is 22.1 Å². The fraction of sp³-hybridized carbons (Fsp3) is 0.583. The minimum Gasteiger partial charge on any atom is -0.394 e. The Hall–Kier alpha value is -2.38. The van der Waals surface area contributed by atoms with E-state index in [4.69, 9.17) is 17.1 Å². The summed E-state index contributed by atoms with van der Waals surface area (Å²) in [5.74, 6) is -1.41. The van der Waals surface area contributed by atoms with Crippen LogP contribution < -0.4 is 5.32 Å². The van der Waals surface area contributed by atoms with Gasteiger partial charge in [-0.15, -0.1) is 5.10 Å². The van der Waals surface area contributed by atoms with Gasteiger partial charge in [-0.3, -0.25) is 0 Å². The zero-order valence-electron chi connectivity index (χ0n) is 28.4. The van der Waals surface area contributed by atoms with Gasteiger partial charge in [0.05, 0.1) is 32.2 Å². The van der Waals surface area contributed by atoms with Crippen LogP contribution in [0.3, 0.4) is 0 Å². The highest BCUT2D eigenvalue weighted by Crippen LogP contribution is 2.44. The first-order valence-electron chi connectivity index (χ1n) is 15.8. The van der Waals surface area contributed by atoms with Crippen molar-refractivity contribution in [3.8, 4) is 0 Å². The highest BCUT2D eigenvalue weighted by Gasteiger charge is 2.45. The molecule has 2 aliphatic carbocycles. The average molecular weight is 528 g/mol. The van der Waals surface area contributed by atoms with Gasteiger partial charge in [-0.05, 0) is 36.9 Å². The molecule has 0 unspecified atom stereocenters. The SMILES string of the molecule is [2H]c1c([2H])c([C@@H]2C[C@H]2Nc2nc(SC([2H])([2H])C([2H])([2H])C)nc3c2nnn3[C@@H]2C[C@H](OC([2H])([2H])CO)[C@@H](O)[C@H]2O)c([2H])c(F)c1C. The fourth-order valence-electron chi connectivity index (χ4n) is 4.24. The van der Waals surface area contributed by atoms with Crippen LogP contribution in [0.5, 0.6) is 0 Å². The molecule has 2 aromatic heterocycles. The highest BCUT2D eigenvalue weighted by molar-refractivity contribution is 7.99. The summed E-state index contributed by atoms with van der Waals surface area (Å²) < 4.78 is 93.2. The van der Waals surface area contributed by atoms with E-state index in [1.807, 2.05) is 0 Å². The van der Waals surface area contributed by atoms with Crippen molar-refractivity contribution in [2.75, 3.05) is 24.2 Å². The fourth-order valence-corrected chi connectivity index (χ4v) is 4.70. The number of aliphatic hydroxyl groups is 3. The Balaban J connectivity index is 1.53. The monoisotopic (exact) mass is 527 g/mol. The molecule has 12 heteroatoms. The van der Waals surface area contributed by atoms with Crippen molar-refractivity contribution >= 4 is 28.7 Å². The van der Waals surface area contributed by atoms with Crippen LogP contribution >= 0.6 is 11.8 Å². The third kappa shape index (κ3) is 4.92. The Morgan fingerprint density at radius 3 is 2.92 bits per heavy atom. The number of ether oxygens (including phenoxy) is 1. The number of nitrogens with zero attached hydrogens (tertiary/aromatic N) is 5. The molecule has 5 rings (SSSR count). The minimum atomic E-state index is -2.51. The molecule has 0 bridgehead atoms. The molecule has 2 aliphatic rings. The van der Waals surface area contributed by atoms with Gasteiger partial charge in [0.2, 0.25) is 0 Å². The van der Waals surface area contributed by atoms with Gasteiger partial charge in [0.25, 0.3) is 0 Å². The number of rotatable bonds is 10. The van der Waals surface area contributed by atoms with Crippen molar-refractivity contribution in [3.63, 3.8) is 0 Å². The van der Waals surface area contributed by atoms with Gasteiger partial charge in [-0.1, -0.05) is 36.0 Å². The van der Waals surface area contributed by atoms with E-state index in [0.717, 1.165) is 11.6 Å². The van der Waals surface area contributed by atoms with Crippen molar-refractivity contribution in [3.05, 3.63) is 35.1 Å². The number of nitrogens with one attached hydrogen (secondary N) is 1. The first kappa shape index (κ1) is 16.5. The molecule has 4 N–H and O–H groups in total. The summed E-state index contributed by atoms with van der Waals surface area (Å²) in [7, 11) is 0. The Morgan fingerprint density at radius 2 is 2.14 bits per heavy atom. The molecule has 194 valence electrons. The van der Waals surface area contributed by atoms with Crippen LogP contribution in [0.25, 0.3) is 11.2 Å². The van der Waals surface area contributed by atoms with E-state index in [1.54, 1.807) is 0 Å². The third-order valence-electron chi connectivity index (χ3n) is 6.20. The number of thioether (sulfide) groups is 1. The standard InChI is InChI=1S/C24H31FN6O4S/c1-3-8-36-24-27-22(26-16-10-14(16)13-5-4-12(2)15(25)9-13)19-23(28-24)31(30-29-19)17-11-18(35-7-6-32)21(34)20(17)33/h4-5,9,14,16-18,20-21,32-34H,3,6-8,10-11H2,1-2H3,(H,26,27,28)/t14-,16+,17+,18-,20-,21+/m0/s1/i3D2,4D,5D,7D2,8D2,9D. The first-order valence-corrected chi connectivity index (χ1v) is 12.1. The maximum absolute atomic E-state index is 14.6. The lowest BCUT2D eigenvalue weighted by Gasteiger charge is -2.17. The molecule has 1 aromatic carbocycles. The van der Waals surface area contributed by atoms with Crippen LogP contribution in [-0.2, 0) is 4.74 Å². The summed E-state index contributed by atoms with van der Waals surface area (Å²) in [4.78, 5) is 8.69. The van der Waals surface area contributed by atoms with E-state index in [-0.39, 0.29) is 51.8 Å². The number of hydrogen-bond donors (Lipinski definition) is 4. The van der Waals surface area contributed by atoms with Crippen molar-refractivity contribution in [1.29, 1.82) is 0 Å². The number of fused-ring (bicyclic) bond motifs is 1. The molecular weight excluding hydrogens is 487 g/mol. The summed E-state index contributed by atoms with van der Waals surface area (Å²) >= 11 is 0.383. The van der Waals surface area contributed by atoms with E-state index >= 15 is 0 Å². The van der Waals surface area contributed by atoms with Crippen LogP contribution in [0.1, 0.15) is 61.6 Å². The zero-order valence-corrected chi connectivity index (χ0v) is 20.2. The highest BCUT2D eigenvalue weighted by atomic mass is 32.2. The zero-order chi connectivity index (χ0) is 33.4. The van der Waals surface area contributed by atoms with Crippen molar-refractivity contribution in [1.82, 2.24) is 25.0 Å². The maximum atomic E-state index is 14.6. The van der Waals surface area contributed by atoms with Crippen LogP contribution in [0.4, 0.5) is 10.2 Å². The van der Waals surface area contributed by atoms with Crippen molar-refractivity contribution in [2.45, 2.75) is 74.5 Å². The Bertz CT molecular complexity index is 1600. The lowest BCUT2D eigenvalue weighted by Crippen LogP contribution is -2.33. The summed E-state index contributed by atoms with van der Waals surface area (Å²) in [6.07, 6.45) is -6.53. The van der Waals surface area contributed by atoms with E-state index in [1.165, 1.54) is 6.92 Å². The van der Waals surface area contributed by atoms with Gasteiger partial charge in [0.1, 0.15) is 18.0 Å². The van der Waals surface area contributed by atoms with Gasteiger partial charge in [0, 0.05) is 29.6 Å². The number of aromatic nitrogens is 5. The van der Waals surface area contributed by atoms with E-state index in [9.17, 15) is 19.7 Å². The summed E-state index contributed by atoms with van der Waals surface area (Å²) in [6, 6.07) is -2.63. The van der Waals surface area contributed by atoms with Crippen molar-refractivity contribution < 1.29 is 36.8 Å². The number of anilines is 1. The van der Waals surface area contributed by atoms with Crippen LogP contribution in [0, 0.1) is 12.7 Å². The Morgan fingerprint density at radius 1 is 1.31 bits per heavy atom. The molecule has 6 atom stereocenters. The van der Waals surface area contributed by atoms with E-state index < -0.39 is 73.4 Å².